The number of anilines is 2. The van der Waals surface area contributed by atoms with Crippen LogP contribution in [-0.4, -0.2) is 53.2 Å². The largest absolute Gasteiger partial charge is 0.467 e. The molecule has 27 heavy (non-hydrogen) atoms. The van der Waals surface area contributed by atoms with Crippen LogP contribution < -0.4 is 10.6 Å². The van der Waals surface area contributed by atoms with E-state index in [0.717, 1.165) is 0 Å². The van der Waals surface area contributed by atoms with Crippen molar-refractivity contribution in [2.24, 2.45) is 11.8 Å². The third kappa shape index (κ3) is 7.94. The first-order valence-corrected chi connectivity index (χ1v) is 9.14. The lowest BCUT2D eigenvalue weighted by atomic mass is 10.0. The summed E-state index contributed by atoms with van der Waals surface area (Å²) in [6, 6.07) is -1.26. The lowest BCUT2D eigenvalue weighted by Gasteiger charge is -2.20. The molecule has 152 valence electrons. The molecule has 0 saturated carbocycles. The van der Waals surface area contributed by atoms with E-state index >= 15 is 0 Å². The van der Waals surface area contributed by atoms with Gasteiger partial charge in [0.05, 0.1) is 14.2 Å². The highest BCUT2D eigenvalue weighted by Gasteiger charge is 2.24. The molecule has 2 atom stereocenters. The van der Waals surface area contributed by atoms with E-state index in [1.165, 1.54) is 14.2 Å². The number of carbonyl (C=O) groups excluding carboxylic acids is 2. The van der Waals surface area contributed by atoms with Crippen molar-refractivity contribution in [1.29, 1.82) is 0 Å². The summed E-state index contributed by atoms with van der Waals surface area (Å²) in [7, 11) is 2.63. The van der Waals surface area contributed by atoms with Crippen molar-refractivity contribution in [3.05, 3.63) is 5.28 Å². The molecule has 0 saturated heterocycles. The monoisotopic (exact) mass is 401 g/mol. The van der Waals surface area contributed by atoms with Gasteiger partial charge in [-0.3, -0.25) is 0 Å². The van der Waals surface area contributed by atoms with Crippen LogP contribution in [0.3, 0.4) is 0 Å². The Morgan fingerprint density at radius 1 is 0.852 bits per heavy atom. The fourth-order valence-corrected chi connectivity index (χ4v) is 2.61. The lowest BCUT2D eigenvalue weighted by Crippen LogP contribution is -2.34. The molecule has 9 nitrogen and oxygen atoms in total. The average molecular weight is 402 g/mol. The molecule has 1 heterocycles. The number of nitrogens with zero attached hydrogens (tertiary/aromatic N) is 3. The minimum Gasteiger partial charge on any atom is -0.467 e. The Hall–Kier alpha value is -2.16. The Balaban J connectivity index is 3.03. The van der Waals surface area contributed by atoms with Crippen molar-refractivity contribution in [1.82, 2.24) is 15.0 Å². The summed E-state index contributed by atoms with van der Waals surface area (Å²) < 4.78 is 9.64. The standard InChI is InChI=1S/C17H28ClN5O4/c1-9(2)7-11(13(24)26-5)19-16-21-15(18)22-17(23-16)20-12(8-10(3)4)14(25)27-6/h9-12H,7-8H2,1-6H3,(H2,19,20,21,22,23)/t11-,12-/m0/s1. The van der Waals surface area contributed by atoms with Crippen LogP contribution in [0.25, 0.3) is 0 Å². The van der Waals surface area contributed by atoms with Crippen molar-refractivity contribution in [2.45, 2.75) is 52.6 Å². The van der Waals surface area contributed by atoms with Gasteiger partial charge in [0.15, 0.2) is 0 Å². The second-order valence-electron chi connectivity index (χ2n) is 6.95. The third-order valence-corrected chi connectivity index (χ3v) is 3.77. The maximum atomic E-state index is 12.0. The quantitative estimate of drug-likeness (QED) is 0.570. The zero-order chi connectivity index (χ0) is 20.6. The molecular formula is C17H28ClN5O4. The normalized spacial score (nSPS) is 13.2. The molecule has 2 N–H and O–H groups in total. The van der Waals surface area contributed by atoms with Gasteiger partial charge in [-0.2, -0.15) is 15.0 Å². The minimum atomic E-state index is -0.631. The third-order valence-electron chi connectivity index (χ3n) is 3.60. The molecule has 0 amide bonds. The highest BCUT2D eigenvalue weighted by molar-refractivity contribution is 6.28. The Bertz CT molecular complexity index is 591. The van der Waals surface area contributed by atoms with Gasteiger partial charge in [0.1, 0.15) is 12.1 Å². The number of rotatable bonds is 10. The molecule has 0 unspecified atom stereocenters. The topological polar surface area (TPSA) is 115 Å². The zero-order valence-corrected chi connectivity index (χ0v) is 17.3. The van der Waals surface area contributed by atoms with Gasteiger partial charge in [0.25, 0.3) is 0 Å². The Morgan fingerprint density at radius 2 is 1.22 bits per heavy atom. The average Bonchev–Trinajstić information content (AvgIpc) is 2.57. The van der Waals surface area contributed by atoms with Crippen molar-refractivity contribution >= 4 is 35.4 Å². The van der Waals surface area contributed by atoms with Crippen molar-refractivity contribution in [2.75, 3.05) is 24.9 Å². The molecule has 1 aromatic rings. The number of carbonyl (C=O) groups is 2. The second kappa shape index (κ2) is 10.9. The van der Waals surface area contributed by atoms with Gasteiger partial charge < -0.3 is 20.1 Å². The molecule has 0 aromatic carbocycles. The van der Waals surface area contributed by atoms with E-state index in [9.17, 15) is 9.59 Å². The Labute approximate surface area is 164 Å². The summed E-state index contributed by atoms with van der Waals surface area (Å²) in [4.78, 5) is 36.2. The summed E-state index contributed by atoms with van der Waals surface area (Å²) in [6.45, 7) is 7.94. The number of ether oxygens (including phenoxy) is 2. The van der Waals surface area contributed by atoms with Crippen LogP contribution in [0.4, 0.5) is 11.9 Å². The van der Waals surface area contributed by atoms with Gasteiger partial charge >= 0.3 is 11.9 Å². The van der Waals surface area contributed by atoms with Crippen LogP contribution in [0.5, 0.6) is 0 Å². The van der Waals surface area contributed by atoms with Crippen molar-refractivity contribution < 1.29 is 19.1 Å². The van der Waals surface area contributed by atoms with Gasteiger partial charge in [0, 0.05) is 0 Å². The molecule has 0 spiro atoms. The maximum absolute atomic E-state index is 12.0. The first kappa shape index (κ1) is 22.9. The van der Waals surface area contributed by atoms with Gasteiger partial charge in [-0.05, 0) is 36.3 Å². The van der Waals surface area contributed by atoms with E-state index < -0.39 is 24.0 Å². The molecule has 10 heteroatoms. The highest BCUT2D eigenvalue weighted by atomic mass is 35.5. The lowest BCUT2D eigenvalue weighted by molar-refractivity contribution is -0.142. The Kier molecular flexibility index (Phi) is 9.20. The van der Waals surface area contributed by atoms with Gasteiger partial charge in [0.2, 0.25) is 17.2 Å². The van der Waals surface area contributed by atoms with E-state index in [2.05, 4.69) is 25.6 Å². The molecule has 0 aliphatic rings. The fourth-order valence-electron chi connectivity index (χ4n) is 2.45. The summed E-state index contributed by atoms with van der Waals surface area (Å²) in [5, 5.41) is 5.77. The van der Waals surface area contributed by atoms with E-state index in [0.29, 0.717) is 12.8 Å². The second-order valence-corrected chi connectivity index (χ2v) is 7.29. The molecule has 0 aliphatic carbocycles. The highest BCUT2D eigenvalue weighted by Crippen LogP contribution is 2.17. The van der Waals surface area contributed by atoms with Crippen LogP contribution in [0.1, 0.15) is 40.5 Å². The maximum Gasteiger partial charge on any atom is 0.328 e. The SMILES string of the molecule is COC(=O)[C@H](CC(C)C)Nc1nc(Cl)nc(N[C@@H](CC(C)C)C(=O)OC)n1. The fraction of sp³-hybridized carbons (Fsp3) is 0.706. The first-order valence-electron chi connectivity index (χ1n) is 8.76. The number of nitrogens with one attached hydrogen (secondary N) is 2. The number of methoxy groups -OCH3 is 2. The number of esters is 2. The van der Waals surface area contributed by atoms with E-state index in [-0.39, 0.29) is 29.0 Å². The zero-order valence-electron chi connectivity index (χ0n) is 16.6. The number of halogens is 1. The summed E-state index contributed by atoms with van der Waals surface area (Å²) >= 11 is 5.98. The summed E-state index contributed by atoms with van der Waals surface area (Å²) in [6.07, 6.45) is 1.05. The Morgan fingerprint density at radius 3 is 1.52 bits per heavy atom. The van der Waals surface area contributed by atoms with Crippen LogP contribution in [0.2, 0.25) is 5.28 Å². The van der Waals surface area contributed by atoms with Gasteiger partial charge in [-0.1, -0.05) is 27.7 Å². The molecule has 0 bridgehead atoms. The van der Waals surface area contributed by atoms with Crippen LogP contribution in [0, 0.1) is 11.8 Å². The number of hydrogen-bond acceptors (Lipinski definition) is 9. The minimum absolute atomic E-state index is 0.0728. The number of hydrogen-bond donors (Lipinski definition) is 2. The first-order chi connectivity index (χ1) is 12.7. The van der Waals surface area contributed by atoms with Crippen LogP contribution in [-0.2, 0) is 19.1 Å². The van der Waals surface area contributed by atoms with Crippen molar-refractivity contribution in [3.8, 4) is 0 Å². The van der Waals surface area contributed by atoms with E-state index in [4.69, 9.17) is 21.1 Å². The van der Waals surface area contributed by atoms with Crippen LogP contribution >= 0.6 is 11.6 Å². The molecule has 0 radical (unpaired) electrons. The van der Waals surface area contributed by atoms with Crippen molar-refractivity contribution in [3.63, 3.8) is 0 Å². The molecule has 1 aromatic heterocycles. The smallest absolute Gasteiger partial charge is 0.328 e. The molecule has 0 fully saturated rings. The summed E-state index contributed by atoms with van der Waals surface area (Å²) in [5.74, 6) is -0.148. The molecular weight excluding hydrogens is 374 g/mol. The van der Waals surface area contributed by atoms with E-state index in [1.807, 2.05) is 27.7 Å². The van der Waals surface area contributed by atoms with Gasteiger partial charge in [-0.25, -0.2) is 9.59 Å². The molecule has 0 aliphatic heterocycles. The molecule has 1 rings (SSSR count). The number of aromatic nitrogens is 3. The van der Waals surface area contributed by atoms with E-state index in [1.54, 1.807) is 0 Å². The van der Waals surface area contributed by atoms with Crippen LogP contribution in [0.15, 0.2) is 0 Å². The summed E-state index contributed by atoms with van der Waals surface area (Å²) in [5.41, 5.74) is 0. The van der Waals surface area contributed by atoms with Gasteiger partial charge in [-0.15, -0.1) is 0 Å². The predicted octanol–water partition coefficient (Wildman–Crippen LogP) is 2.52. The predicted molar refractivity (Wildman–Crippen MR) is 103 cm³/mol.